The lowest BCUT2D eigenvalue weighted by Crippen LogP contribution is -2.55. The molecule has 4 rings (SSSR count). The van der Waals surface area contributed by atoms with Gasteiger partial charge in [0.05, 0.1) is 12.7 Å². The van der Waals surface area contributed by atoms with Crippen molar-refractivity contribution in [2.75, 3.05) is 46.4 Å². The van der Waals surface area contributed by atoms with Crippen LogP contribution >= 0.6 is 0 Å². The molecule has 6 nitrogen and oxygen atoms in total. The Hall–Kier alpha value is -1.82. The molecule has 0 aromatic carbocycles. The predicted octanol–water partition coefficient (Wildman–Crippen LogP) is 1.84. The highest BCUT2D eigenvalue weighted by molar-refractivity contribution is 5.80. The van der Waals surface area contributed by atoms with Crippen LogP contribution in [0.5, 0.6) is 5.75 Å². The van der Waals surface area contributed by atoms with Crippen molar-refractivity contribution in [2.24, 2.45) is 16.8 Å². The topological polar surface area (TPSA) is 53.0 Å². The van der Waals surface area contributed by atoms with Gasteiger partial charge < -0.3 is 15.0 Å². The molecule has 2 aliphatic carbocycles. The molecule has 3 atom stereocenters. The third kappa shape index (κ3) is 3.95. The fraction of sp³-hybridized carbons (Fsp3) is 0.700. The van der Waals surface area contributed by atoms with Crippen LogP contribution < -0.4 is 10.1 Å². The molecule has 0 radical (unpaired) electrons. The molecule has 0 spiro atoms. The lowest BCUT2D eigenvalue weighted by Gasteiger charge is -2.41. The third-order valence-electron chi connectivity index (χ3n) is 6.28. The average molecular weight is 358 g/mol. The monoisotopic (exact) mass is 357 g/mol. The summed E-state index contributed by atoms with van der Waals surface area (Å²) in [4.78, 5) is 13.7. The summed E-state index contributed by atoms with van der Waals surface area (Å²) >= 11 is 0. The van der Waals surface area contributed by atoms with Crippen LogP contribution in [0, 0.1) is 11.8 Å². The van der Waals surface area contributed by atoms with Crippen LogP contribution in [0.3, 0.4) is 0 Å². The fourth-order valence-corrected chi connectivity index (χ4v) is 5.02. The summed E-state index contributed by atoms with van der Waals surface area (Å²) in [5.74, 6) is 3.81. The van der Waals surface area contributed by atoms with Gasteiger partial charge in [-0.25, -0.2) is 0 Å². The minimum atomic E-state index is 0.607. The van der Waals surface area contributed by atoms with Gasteiger partial charge in [0, 0.05) is 45.5 Å². The van der Waals surface area contributed by atoms with E-state index in [0.29, 0.717) is 6.61 Å². The quantitative estimate of drug-likeness (QED) is 0.495. The Kier molecular flexibility index (Phi) is 5.58. The van der Waals surface area contributed by atoms with E-state index in [1.807, 2.05) is 19.2 Å². The van der Waals surface area contributed by atoms with Crippen LogP contribution in [0.1, 0.15) is 25.7 Å². The average Bonchev–Trinajstić information content (AvgIpc) is 3.33. The van der Waals surface area contributed by atoms with Gasteiger partial charge in [0.25, 0.3) is 0 Å². The summed E-state index contributed by atoms with van der Waals surface area (Å²) in [7, 11) is 1.87. The number of nitrogens with one attached hydrogen (secondary N) is 1. The van der Waals surface area contributed by atoms with E-state index < -0.39 is 0 Å². The molecule has 3 fully saturated rings. The van der Waals surface area contributed by atoms with Crippen molar-refractivity contribution in [1.82, 2.24) is 20.1 Å². The zero-order valence-corrected chi connectivity index (χ0v) is 15.8. The summed E-state index contributed by atoms with van der Waals surface area (Å²) in [6, 6.07) is 4.67. The molecule has 1 N–H and O–H groups in total. The number of ether oxygens (including phenoxy) is 1. The van der Waals surface area contributed by atoms with Gasteiger partial charge in [-0.05, 0) is 43.2 Å². The summed E-state index contributed by atoms with van der Waals surface area (Å²) in [6.45, 7) is 5.82. The van der Waals surface area contributed by atoms with E-state index in [-0.39, 0.29) is 0 Å². The van der Waals surface area contributed by atoms with Crippen molar-refractivity contribution in [2.45, 2.75) is 31.7 Å². The maximum Gasteiger partial charge on any atom is 0.193 e. The number of piperazine rings is 1. The van der Waals surface area contributed by atoms with E-state index in [1.54, 1.807) is 12.4 Å². The molecule has 1 aliphatic heterocycles. The number of hydrogen-bond donors (Lipinski definition) is 1. The van der Waals surface area contributed by atoms with Gasteiger partial charge in [-0.15, -0.1) is 0 Å². The Morgan fingerprint density at radius 2 is 2.15 bits per heavy atom. The molecule has 1 aromatic rings. The van der Waals surface area contributed by atoms with Crippen LogP contribution in [0.15, 0.2) is 29.5 Å². The normalized spacial score (nSPS) is 29.2. The minimum absolute atomic E-state index is 0.607. The summed E-state index contributed by atoms with van der Waals surface area (Å²) in [5.41, 5.74) is 0. The second-order valence-corrected chi connectivity index (χ2v) is 7.78. The SMILES string of the molecule is CN=C(NCCOc1cccnc1)N1CCN(C2CC3CCC2C3)CC1. The van der Waals surface area contributed by atoms with Crippen LogP contribution in [0.4, 0.5) is 0 Å². The number of aromatic nitrogens is 1. The molecule has 2 saturated carbocycles. The Morgan fingerprint density at radius 1 is 1.27 bits per heavy atom. The van der Waals surface area contributed by atoms with E-state index in [0.717, 1.165) is 49.2 Å². The molecule has 3 unspecified atom stereocenters. The molecule has 3 aliphatic rings. The largest absolute Gasteiger partial charge is 0.490 e. The van der Waals surface area contributed by atoms with E-state index in [2.05, 4.69) is 25.1 Å². The number of pyridine rings is 1. The molecule has 0 amide bonds. The Labute approximate surface area is 156 Å². The van der Waals surface area contributed by atoms with Gasteiger partial charge in [0.15, 0.2) is 5.96 Å². The molecular formula is C20H31N5O. The van der Waals surface area contributed by atoms with Crippen LogP contribution in [0.25, 0.3) is 0 Å². The van der Waals surface area contributed by atoms with Crippen molar-refractivity contribution in [3.05, 3.63) is 24.5 Å². The standard InChI is InChI=1S/C20H31N5O/c1-21-20(23-7-12-26-18-3-2-6-22-15-18)25-10-8-24(9-11-25)19-14-16-4-5-17(19)13-16/h2-3,6,15-17,19H,4-5,7-14H2,1H3,(H,21,23). The second kappa shape index (κ2) is 8.25. The van der Waals surface area contributed by atoms with Crippen molar-refractivity contribution in [1.29, 1.82) is 0 Å². The van der Waals surface area contributed by atoms with Gasteiger partial charge in [-0.1, -0.05) is 6.42 Å². The Bertz CT molecular complexity index is 599. The first-order chi connectivity index (χ1) is 12.8. The maximum atomic E-state index is 5.69. The number of fused-ring (bicyclic) bond motifs is 2. The molecular weight excluding hydrogens is 326 g/mol. The number of guanidine groups is 1. The van der Waals surface area contributed by atoms with Crippen LogP contribution in [-0.4, -0.2) is 73.2 Å². The fourth-order valence-electron chi connectivity index (χ4n) is 5.02. The Balaban J connectivity index is 1.19. The van der Waals surface area contributed by atoms with Gasteiger partial charge in [0.1, 0.15) is 12.4 Å². The zero-order chi connectivity index (χ0) is 17.8. The van der Waals surface area contributed by atoms with Crippen molar-refractivity contribution in [3.8, 4) is 5.75 Å². The highest BCUT2D eigenvalue weighted by Gasteiger charge is 2.42. The minimum Gasteiger partial charge on any atom is -0.490 e. The third-order valence-corrected chi connectivity index (χ3v) is 6.28. The van der Waals surface area contributed by atoms with Gasteiger partial charge >= 0.3 is 0 Å². The first-order valence-electron chi connectivity index (χ1n) is 10.1. The zero-order valence-electron chi connectivity index (χ0n) is 15.8. The molecule has 2 heterocycles. The van der Waals surface area contributed by atoms with Crippen LogP contribution in [-0.2, 0) is 0 Å². The first-order valence-corrected chi connectivity index (χ1v) is 10.1. The molecule has 26 heavy (non-hydrogen) atoms. The van der Waals surface area contributed by atoms with Crippen molar-refractivity contribution >= 4 is 5.96 Å². The van der Waals surface area contributed by atoms with E-state index in [1.165, 1.54) is 38.8 Å². The van der Waals surface area contributed by atoms with Crippen molar-refractivity contribution < 1.29 is 4.74 Å². The lowest BCUT2D eigenvalue weighted by atomic mass is 9.93. The van der Waals surface area contributed by atoms with E-state index >= 15 is 0 Å². The molecule has 1 saturated heterocycles. The second-order valence-electron chi connectivity index (χ2n) is 7.78. The summed E-state index contributed by atoms with van der Waals surface area (Å²) in [6.07, 6.45) is 9.38. The number of aliphatic imine (C=N–C) groups is 1. The summed E-state index contributed by atoms with van der Waals surface area (Å²) < 4.78 is 5.69. The summed E-state index contributed by atoms with van der Waals surface area (Å²) in [5, 5.41) is 3.43. The van der Waals surface area contributed by atoms with Crippen molar-refractivity contribution in [3.63, 3.8) is 0 Å². The number of rotatable bonds is 5. The van der Waals surface area contributed by atoms with E-state index in [4.69, 9.17) is 4.74 Å². The van der Waals surface area contributed by atoms with Gasteiger partial charge in [-0.3, -0.25) is 14.9 Å². The Morgan fingerprint density at radius 3 is 2.81 bits per heavy atom. The van der Waals surface area contributed by atoms with E-state index in [9.17, 15) is 0 Å². The number of hydrogen-bond acceptors (Lipinski definition) is 4. The molecule has 142 valence electrons. The smallest absolute Gasteiger partial charge is 0.193 e. The number of nitrogens with zero attached hydrogens (tertiary/aromatic N) is 4. The molecule has 2 bridgehead atoms. The molecule has 1 aromatic heterocycles. The predicted molar refractivity (Wildman–Crippen MR) is 103 cm³/mol. The highest BCUT2D eigenvalue weighted by Crippen LogP contribution is 2.46. The highest BCUT2D eigenvalue weighted by atomic mass is 16.5. The lowest BCUT2D eigenvalue weighted by molar-refractivity contribution is 0.0957. The maximum absolute atomic E-state index is 5.69. The van der Waals surface area contributed by atoms with Crippen LogP contribution in [0.2, 0.25) is 0 Å². The molecule has 6 heteroatoms. The van der Waals surface area contributed by atoms with Gasteiger partial charge in [-0.2, -0.15) is 0 Å². The van der Waals surface area contributed by atoms with Gasteiger partial charge in [0.2, 0.25) is 0 Å². The first kappa shape index (κ1) is 17.6.